The van der Waals surface area contributed by atoms with E-state index in [4.69, 9.17) is 9.47 Å². The van der Waals surface area contributed by atoms with Gasteiger partial charge in [-0.25, -0.2) is 12.8 Å². The van der Waals surface area contributed by atoms with E-state index in [0.717, 1.165) is 24.5 Å². The van der Waals surface area contributed by atoms with Gasteiger partial charge in [0.2, 0.25) is 15.8 Å². The van der Waals surface area contributed by atoms with Gasteiger partial charge in [0.25, 0.3) is 0 Å². The molecule has 0 heterocycles. The zero-order valence-electron chi connectivity index (χ0n) is 12.6. The number of halogens is 1. The van der Waals surface area contributed by atoms with Gasteiger partial charge in [-0.3, -0.25) is 14.8 Å². The number of nitrogens with zero attached hydrogens (tertiary/aromatic N) is 1. The lowest BCUT2D eigenvalue weighted by atomic mass is 10.2. The Kier molecular flexibility index (Phi) is 4.88. The summed E-state index contributed by atoms with van der Waals surface area (Å²) < 4.78 is 48.7. The Bertz CT molecular complexity index is 885. The predicted molar refractivity (Wildman–Crippen MR) is 84.6 cm³/mol. The summed E-state index contributed by atoms with van der Waals surface area (Å²) in [4.78, 5) is 10.2. The van der Waals surface area contributed by atoms with E-state index < -0.39 is 26.5 Å². The second-order valence-corrected chi connectivity index (χ2v) is 6.43. The molecule has 0 spiro atoms. The number of nitro benzene ring substituents is 1. The molecule has 0 radical (unpaired) electrons. The average Bonchev–Trinajstić information content (AvgIpc) is 2.47. The second kappa shape index (κ2) is 6.71. The Hall–Kier alpha value is -2.88. The lowest BCUT2D eigenvalue weighted by Crippen LogP contribution is -2.10. The lowest BCUT2D eigenvalue weighted by molar-refractivity contribution is -0.385. The fraction of sp³-hybridized carbons (Fsp3) is 0.143. The molecule has 128 valence electrons. The molecular weight excluding hydrogens is 343 g/mol. The minimum Gasteiger partial charge on any atom is -0.491 e. The molecular formula is C14H13FN2O6S. The molecule has 0 aliphatic heterocycles. The van der Waals surface area contributed by atoms with Crippen LogP contribution in [0.25, 0.3) is 0 Å². The van der Waals surface area contributed by atoms with Gasteiger partial charge in [0, 0.05) is 0 Å². The molecule has 0 aliphatic carbocycles. The normalized spacial score (nSPS) is 11.0. The van der Waals surface area contributed by atoms with Crippen LogP contribution >= 0.6 is 0 Å². The third-order valence-electron chi connectivity index (χ3n) is 2.82. The van der Waals surface area contributed by atoms with Crippen LogP contribution < -0.4 is 14.2 Å². The van der Waals surface area contributed by atoms with Crippen molar-refractivity contribution in [3.63, 3.8) is 0 Å². The van der Waals surface area contributed by atoms with Crippen molar-refractivity contribution in [1.82, 2.24) is 0 Å². The van der Waals surface area contributed by atoms with Gasteiger partial charge in [-0.1, -0.05) is 6.07 Å². The number of methoxy groups -OCH3 is 1. The van der Waals surface area contributed by atoms with Crippen molar-refractivity contribution in [1.29, 1.82) is 0 Å². The summed E-state index contributed by atoms with van der Waals surface area (Å²) in [6.45, 7) is 0. The van der Waals surface area contributed by atoms with Crippen molar-refractivity contribution in [3.8, 4) is 17.2 Å². The first-order valence-electron chi connectivity index (χ1n) is 6.48. The van der Waals surface area contributed by atoms with E-state index in [-0.39, 0.29) is 22.9 Å². The molecule has 0 aliphatic rings. The van der Waals surface area contributed by atoms with Crippen LogP contribution in [0.3, 0.4) is 0 Å². The molecule has 0 aromatic heterocycles. The largest absolute Gasteiger partial charge is 0.491 e. The maximum Gasteiger partial charge on any atom is 0.314 e. The van der Waals surface area contributed by atoms with Crippen molar-refractivity contribution in [2.75, 3.05) is 18.1 Å². The highest BCUT2D eigenvalue weighted by Gasteiger charge is 2.20. The molecule has 0 saturated heterocycles. The molecule has 24 heavy (non-hydrogen) atoms. The number of hydrogen-bond donors (Lipinski definition) is 1. The maximum atomic E-state index is 13.2. The fourth-order valence-corrected chi connectivity index (χ4v) is 2.49. The molecule has 8 nitrogen and oxygen atoms in total. The summed E-state index contributed by atoms with van der Waals surface area (Å²) in [5.41, 5.74) is -0.471. The molecule has 2 rings (SSSR count). The van der Waals surface area contributed by atoms with Crippen molar-refractivity contribution >= 4 is 21.4 Å². The summed E-state index contributed by atoms with van der Waals surface area (Å²) in [6, 6.07) is 7.17. The van der Waals surface area contributed by atoms with Gasteiger partial charge < -0.3 is 9.47 Å². The fourth-order valence-electron chi connectivity index (χ4n) is 1.92. The third kappa shape index (κ3) is 4.10. The zero-order chi connectivity index (χ0) is 17.9. The first-order valence-corrected chi connectivity index (χ1v) is 8.37. The van der Waals surface area contributed by atoms with Crippen LogP contribution in [-0.2, 0) is 10.0 Å². The lowest BCUT2D eigenvalue weighted by Gasteiger charge is -2.14. The Morgan fingerprint density at radius 2 is 1.92 bits per heavy atom. The summed E-state index contributed by atoms with van der Waals surface area (Å²) in [7, 11) is -2.28. The summed E-state index contributed by atoms with van der Waals surface area (Å²) in [5, 5.41) is 11.0. The highest BCUT2D eigenvalue weighted by atomic mass is 32.2. The van der Waals surface area contributed by atoms with Crippen molar-refractivity contribution < 1.29 is 27.2 Å². The van der Waals surface area contributed by atoms with Crippen molar-refractivity contribution in [3.05, 3.63) is 52.3 Å². The predicted octanol–water partition coefficient (Wildman–Crippen LogP) is 2.91. The highest BCUT2D eigenvalue weighted by Crippen LogP contribution is 2.40. The first-order chi connectivity index (χ1) is 11.2. The van der Waals surface area contributed by atoms with Crippen molar-refractivity contribution in [2.24, 2.45) is 0 Å². The summed E-state index contributed by atoms with van der Waals surface area (Å²) >= 11 is 0. The molecule has 0 saturated carbocycles. The maximum absolute atomic E-state index is 13.2. The Morgan fingerprint density at radius 1 is 1.21 bits per heavy atom. The van der Waals surface area contributed by atoms with Crippen molar-refractivity contribution in [2.45, 2.75) is 0 Å². The number of sulfonamides is 1. The number of ether oxygens (including phenoxy) is 2. The van der Waals surface area contributed by atoms with E-state index in [9.17, 15) is 22.9 Å². The molecule has 10 heteroatoms. The van der Waals surface area contributed by atoms with Gasteiger partial charge in [0.1, 0.15) is 5.82 Å². The number of benzene rings is 2. The highest BCUT2D eigenvalue weighted by molar-refractivity contribution is 7.92. The van der Waals surface area contributed by atoms with Gasteiger partial charge in [-0.05, 0) is 24.3 Å². The third-order valence-corrected chi connectivity index (χ3v) is 3.41. The number of nitro groups is 1. The van der Waals surface area contributed by atoms with Crippen LogP contribution in [0, 0.1) is 15.9 Å². The van der Waals surface area contributed by atoms with E-state index in [1.54, 1.807) is 0 Å². The summed E-state index contributed by atoms with van der Waals surface area (Å²) in [5.74, 6) is -0.938. The van der Waals surface area contributed by atoms with Crippen LogP contribution in [0.1, 0.15) is 0 Å². The smallest absolute Gasteiger partial charge is 0.314 e. The topological polar surface area (TPSA) is 108 Å². The second-order valence-electron chi connectivity index (χ2n) is 4.68. The van der Waals surface area contributed by atoms with E-state index in [2.05, 4.69) is 4.72 Å². The first kappa shape index (κ1) is 17.5. The summed E-state index contributed by atoms with van der Waals surface area (Å²) in [6.07, 6.45) is 0.963. The van der Waals surface area contributed by atoms with E-state index in [1.807, 2.05) is 0 Å². The molecule has 2 aromatic rings. The molecule has 0 fully saturated rings. The number of nitrogens with one attached hydrogen (secondary N) is 1. The molecule has 0 atom stereocenters. The minimum atomic E-state index is -3.57. The Balaban J connectivity index is 2.48. The van der Waals surface area contributed by atoms with Gasteiger partial charge in [0.15, 0.2) is 11.5 Å². The van der Waals surface area contributed by atoms with Gasteiger partial charge in [-0.15, -0.1) is 0 Å². The number of rotatable bonds is 6. The van der Waals surface area contributed by atoms with E-state index >= 15 is 0 Å². The average molecular weight is 356 g/mol. The van der Waals surface area contributed by atoms with Crippen LogP contribution in [0.5, 0.6) is 17.2 Å². The van der Waals surface area contributed by atoms with Crippen LogP contribution in [0.4, 0.5) is 15.8 Å². The van der Waals surface area contributed by atoms with E-state index in [1.165, 1.54) is 25.3 Å². The van der Waals surface area contributed by atoms with Gasteiger partial charge >= 0.3 is 5.69 Å². The zero-order valence-corrected chi connectivity index (χ0v) is 13.5. The Labute approximate surface area is 137 Å². The van der Waals surface area contributed by atoms with Crippen LogP contribution in [0.15, 0.2) is 36.4 Å². The quantitative estimate of drug-likeness (QED) is 0.630. The number of para-hydroxylation sites is 1. The number of anilines is 1. The Morgan fingerprint density at radius 3 is 2.50 bits per heavy atom. The molecule has 0 bridgehead atoms. The molecule has 1 N–H and O–H groups in total. The standard InChI is InChI=1S/C14H13FN2O6S/c1-22-14-10(16-24(2,20)21)4-3-5-13(14)23-12-7-6-9(15)8-11(12)17(18)19/h3-8,16H,1-2H3. The SMILES string of the molecule is COc1c(NS(C)(=O)=O)cccc1Oc1ccc(F)cc1[N+](=O)[O-]. The monoisotopic (exact) mass is 356 g/mol. The number of hydrogen-bond acceptors (Lipinski definition) is 6. The molecule has 2 aromatic carbocycles. The van der Waals surface area contributed by atoms with Gasteiger partial charge in [-0.2, -0.15) is 0 Å². The van der Waals surface area contributed by atoms with Gasteiger partial charge in [0.05, 0.1) is 30.0 Å². The minimum absolute atomic E-state index is 0.0286. The molecule has 0 amide bonds. The van der Waals surface area contributed by atoms with Crippen LogP contribution in [0.2, 0.25) is 0 Å². The molecule has 0 unspecified atom stereocenters. The van der Waals surface area contributed by atoms with Crippen LogP contribution in [-0.4, -0.2) is 26.7 Å². The van der Waals surface area contributed by atoms with E-state index in [0.29, 0.717) is 0 Å².